The van der Waals surface area contributed by atoms with Crippen LogP contribution < -0.4 is 0 Å². The van der Waals surface area contributed by atoms with E-state index in [0.717, 1.165) is 84.1 Å². The van der Waals surface area contributed by atoms with Gasteiger partial charge in [-0.3, -0.25) is 14.6 Å². The van der Waals surface area contributed by atoms with Gasteiger partial charge in [-0.05, 0) is 70.7 Å². The zero-order chi connectivity index (χ0) is 37.1. The number of likely N-dealkylation sites (tertiary alicyclic amines) is 2. The molecule has 2 amide bonds. The zero-order valence-corrected chi connectivity index (χ0v) is 31.2. The number of nitrogens with zero attached hydrogens (tertiary/aromatic N) is 7. The van der Waals surface area contributed by atoms with Gasteiger partial charge in [0.15, 0.2) is 5.82 Å². The summed E-state index contributed by atoms with van der Waals surface area (Å²) in [7, 11) is 0. The summed E-state index contributed by atoms with van der Waals surface area (Å²) in [6.07, 6.45) is 10.4. The smallest absolute Gasteiger partial charge is 0.410 e. The van der Waals surface area contributed by atoms with Crippen molar-refractivity contribution in [3.05, 3.63) is 96.6 Å². The number of ether oxygens (including phenoxy) is 1. The van der Waals surface area contributed by atoms with E-state index >= 15 is 0 Å². The van der Waals surface area contributed by atoms with Gasteiger partial charge in [-0.15, -0.1) is 0 Å². The molecule has 276 valence electrons. The van der Waals surface area contributed by atoms with Gasteiger partial charge in [-0.1, -0.05) is 68.4 Å². The van der Waals surface area contributed by atoms with Gasteiger partial charge in [-0.2, -0.15) is 0 Å². The Bertz CT molecular complexity index is 2000. The van der Waals surface area contributed by atoms with Crippen molar-refractivity contribution in [2.24, 2.45) is 0 Å². The Kier molecular flexibility index (Phi) is 10.4. The third kappa shape index (κ3) is 7.73. The fourth-order valence-corrected chi connectivity index (χ4v) is 7.51. The fourth-order valence-electron chi connectivity index (χ4n) is 7.51. The van der Waals surface area contributed by atoms with Gasteiger partial charge in [0.2, 0.25) is 5.91 Å². The predicted octanol–water partition coefficient (Wildman–Crippen LogP) is 7.74. The van der Waals surface area contributed by atoms with Gasteiger partial charge in [0, 0.05) is 42.8 Å². The molecule has 0 radical (unpaired) electrons. The van der Waals surface area contributed by atoms with E-state index in [1.165, 1.54) is 0 Å². The third-order valence-electron chi connectivity index (χ3n) is 10.2. The highest BCUT2D eigenvalue weighted by atomic mass is 16.6. The van der Waals surface area contributed by atoms with Crippen molar-refractivity contribution in [1.29, 1.82) is 0 Å². The van der Waals surface area contributed by atoms with E-state index in [9.17, 15) is 9.59 Å². The number of benzene rings is 2. The van der Waals surface area contributed by atoms with Crippen LogP contribution in [0.25, 0.3) is 33.9 Å². The summed E-state index contributed by atoms with van der Waals surface area (Å²) in [6, 6.07) is 17.6. The molecule has 3 atom stereocenters. The molecule has 2 aliphatic heterocycles. The molecule has 2 aromatic carbocycles. The molecule has 3 aromatic heterocycles. The molecule has 2 fully saturated rings. The number of H-pyrrole nitrogens is 2. The lowest BCUT2D eigenvalue weighted by Gasteiger charge is -2.34. The first-order chi connectivity index (χ1) is 25.6. The number of hydrogen-bond donors (Lipinski definition) is 2. The van der Waals surface area contributed by atoms with Gasteiger partial charge in [-0.25, -0.2) is 24.7 Å². The van der Waals surface area contributed by atoms with Crippen molar-refractivity contribution < 1.29 is 14.3 Å². The average molecular weight is 716 g/mol. The Morgan fingerprint density at radius 2 is 1.47 bits per heavy atom. The summed E-state index contributed by atoms with van der Waals surface area (Å²) in [5.74, 6) is 2.28. The standard InChI is InChI=1S/C41H49N9O3/c1-6-48(7-2)35(28-13-9-8-10-14-28)39(51)49-21-11-15-33(49)37-44-25-31(46-37)27-17-19-29(20-18-27)36-42-23-30(24-43-36)32-26-45-38(47-32)34-16-12-22-50(34)40(52)53-41(3,4)5/h8-10,13-14,17-20,23-26,33-35H,6-7,11-12,15-16,21-22H2,1-5H3,(H,44,46)(H,45,47)/t33-,34-,35?/m0/s1. The minimum Gasteiger partial charge on any atom is -0.444 e. The molecular formula is C41H49N9O3. The second-order valence-electron chi connectivity index (χ2n) is 14.8. The summed E-state index contributed by atoms with van der Waals surface area (Å²) in [5.41, 5.74) is 4.74. The summed E-state index contributed by atoms with van der Waals surface area (Å²) in [5, 5.41) is 0. The molecule has 5 heterocycles. The quantitative estimate of drug-likeness (QED) is 0.150. The maximum atomic E-state index is 14.2. The van der Waals surface area contributed by atoms with Crippen LogP contribution in [-0.4, -0.2) is 88.4 Å². The van der Waals surface area contributed by atoms with Crippen LogP contribution in [0.2, 0.25) is 0 Å². The first-order valence-corrected chi connectivity index (χ1v) is 18.8. The highest BCUT2D eigenvalue weighted by molar-refractivity contribution is 5.84. The second-order valence-corrected chi connectivity index (χ2v) is 14.8. The van der Waals surface area contributed by atoms with E-state index in [1.54, 1.807) is 17.3 Å². The number of aromatic amines is 2. The third-order valence-corrected chi connectivity index (χ3v) is 10.2. The minimum atomic E-state index is -0.556. The number of nitrogens with one attached hydrogen (secondary N) is 2. The molecular weight excluding hydrogens is 667 g/mol. The maximum Gasteiger partial charge on any atom is 0.410 e. The largest absolute Gasteiger partial charge is 0.444 e. The predicted molar refractivity (Wildman–Crippen MR) is 203 cm³/mol. The Morgan fingerprint density at radius 1 is 0.830 bits per heavy atom. The van der Waals surface area contributed by atoms with Crippen LogP contribution in [-0.2, 0) is 9.53 Å². The summed E-state index contributed by atoms with van der Waals surface area (Å²) in [6.45, 7) is 12.8. The molecule has 1 unspecified atom stereocenters. The van der Waals surface area contributed by atoms with E-state index in [1.807, 2.05) is 80.5 Å². The highest BCUT2D eigenvalue weighted by Crippen LogP contribution is 2.36. The number of hydrogen-bond acceptors (Lipinski definition) is 8. The summed E-state index contributed by atoms with van der Waals surface area (Å²) in [4.78, 5) is 58.6. The molecule has 2 saturated heterocycles. The van der Waals surface area contributed by atoms with Crippen molar-refractivity contribution in [3.63, 3.8) is 0 Å². The summed E-state index contributed by atoms with van der Waals surface area (Å²) >= 11 is 0. The van der Waals surface area contributed by atoms with E-state index in [-0.39, 0.29) is 30.1 Å². The van der Waals surface area contributed by atoms with Crippen molar-refractivity contribution in [3.8, 4) is 33.9 Å². The number of aromatic nitrogens is 6. The van der Waals surface area contributed by atoms with E-state index in [2.05, 4.69) is 50.8 Å². The Labute approximate surface area is 311 Å². The highest BCUT2D eigenvalue weighted by Gasteiger charge is 2.38. The lowest BCUT2D eigenvalue weighted by Crippen LogP contribution is -2.43. The molecule has 5 aromatic rings. The molecule has 2 aliphatic rings. The molecule has 53 heavy (non-hydrogen) atoms. The molecule has 12 heteroatoms. The lowest BCUT2D eigenvalue weighted by molar-refractivity contribution is -0.138. The number of carbonyl (C=O) groups excluding carboxylic acids is 2. The molecule has 0 bridgehead atoms. The molecule has 0 saturated carbocycles. The van der Waals surface area contributed by atoms with Gasteiger partial charge in [0.05, 0.1) is 29.7 Å². The first kappa shape index (κ1) is 36.0. The van der Waals surface area contributed by atoms with Gasteiger partial charge in [0.1, 0.15) is 23.3 Å². The van der Waals surface area contributed by atoms with Crippen LogP contribution in [0.5, 0.6) is 0 Å². The van der Waals surface area contributed by atoms with Crippen LogP contribution in [0.1, 0.15) is 95.6 Å². The topological polar surface area (TPSA) is 136 Å². The fraction of sp³-hybridized carbons (Fsp3) is 0.415. The SMILES string of the molecule is CCN(CC)C(C(=O)N1CCC[C@H]1c1ncc(-c2ccc(-c3ncc(-c4c[nH]c([C@@H]5CCCN5C(=O)OC(C)(C)C)n4)cn3)cc2)[nH]1)c1ccccc1. The van der Waals surface area contributed by atoms with E-state index in [0.29, 0.717) is 18.9 Å². The molecule has 0 aliphatic carbocycles. The van der Waals surface area contributed by atoms with Crippen molar-refractivity contribution in [1.82, 2.24) is 44.6 Å². The zero-order valence-electron chi connectivity index (χ0n) is 31.2. The number of carbonyl (C=O) groups is 2. The Morgan fingerprint density at radius 3 is 2.13 bits per heavy atom. The van der Waals surface area contributed by atoms with Crippen LogP contribution in [0.15, 0.2) is 79.4 Å². The monoisotopic (exact) mass is 715 g/mol. The van der Waals surface area contributed by atoms with Gasteiger partial charge < -0.3 is 19.6 Å². The van der Waals surface area contributed by atoms with Crippen LogP contribution in [0.4, 0.5) is 4.79 Å². The second kappa shape index (κ2) is 15.3. The van der Waals surface area contributed by atoms with Gasteiger partial charge >= 0.3 is 6.09 Å². The molecule has 12 nitrogen and oxygen atoms in total. The normalized spacial score (nSPS) is 18.2. The molecule has 2 N–H and O–H groups in total. The van der Waals surface area contributed by atoms with Crippen LogP contribution in [0, 0.1) is 0 Å². The number of likely N-dealkylation sites (N-methyl/N-ethyl adjacent to an activating group) is 1. The van der Waals surface area contributed by atoms with E-state index in [4.69, 9.17) is 14.7 Å². The number of amides is 2. The maximum absolute atomic E-state index is 14.2. The summed E-state index contributed by atoms with van der Waals surface area (Å²) < 4.78 is 5.63. The lowest BCUT2D eigenvalue weighted by atomic mass is 10.0. The number of rotatable bonds is 10. The Hall–Kier alpha value is -5.36. The average Bonchev–Trinajstić information content (AvgIpc) is 4.00. The van der Waals surface area contributed by atoms with Crippen molar-refractivity contribution in [2.45, 2.75) is 84.0 Å². The number of imidazole rings is 2. The van der Waals surface area contributed by atoms with Gasteiger partial charge in [0.25, 0.3) is 0 Å². The Balaban J connectivity index is 1.02. The van der Waals surface area contributed by atoms with E-state index < -0.39 is 5.60 Å². The van der Waals surface area contributed by atoms with Crippen LogP contribution in [0.3, 0.4) is 0 Å². The van der Waals surface area contributed by atoms with Crippen molar-refractivity contribution in [2.75, 3.05) is 26.2 Å². The first-order valence-electron chi connectivity index (χ1n) is 18.8. The van der Waals surface area contributed by atoms with Crippen molar-refractivity contribution >= 4 is 12.0 Å². The molecule has 7 rings (SSSR count). The minimum absolute atomic E-state index is 0.100. The van der Waals surface area contributed by atoms with Crippen LogP contribution >= 0.6 is 0 Å². The molecule has 0 spiro atoms.